The predicted octanol–water partition coefficient (Wildman–Crippen LogP) is -3.12. The Morgan fingerprint density at radius 3 is 1.60 bits per heavy atom. The number of ketones is 1. The number of hydrogen-bond acceptors (Lipinski definition) is 24. The van der Waals surface area contributed by atoms with Crippen LogP contribution in [0.2, 0.25) is 0 Å². The number of amides is 17. The number of phenolic OH excluding ortho intramolecular Hbond substituents is 1. The highest BCUT2D eigenvalue weighted by Crippen LogP contribution is 2.30. The van der Waals surface area contributed by atoms with Gasteiger partial charge in [-0.3, -0.25) is 95.9 Å². The quantitative estimate of drug-likeness (QED) is 0.0247. The first kappa shape index (κ1) is 106. The average molecular weight is 1890 g/mol. The molecule has 44 nitrogen and oxygen atoms in total. The fourth-order valence-corrected chi connectivity index (χ4v) is 17.2. The third-order valence-electron chi connectivity index (χ3n) is 23.9. The second kappa shape index (κ2) is 50.3. The summed E-state index contributed by atoms with van der Waals surface area (Å²) in [6, 6.07) is -2.78. The van der Waals surface area contributed by atoms with E-state index in [-0.39, 0.29) is 70.1 Å². The monoisotopic (exact) mass is 1890 g/mol. The largest absolute Gasteiger partial charge is 0.508 e. The molecule has 45 heteroatoms. The molecule has 0 unspecified atom stereocenters. The second-order valence-corrected chi connectivity index (χ2v) is 34.8. The number of para-hydroxylation sites is 2. The topological polar surface area (TPSA) is 677 Å². The summed E-state index contributed by atoms with van der Waals surface area (Å²) in [6.45, 7) is 2.02. The number of carbonyl (C=O) groups excluding carboxylic acids is 18. The number of aliphatic hydroxyl groups excluding tert-OH is 2. The third kappa shape index (κ3) is 29.7. The number of aromatic nitrogens is 2. The number of rotatable bonds is 27. The summed E-state index contributed by atoms with van der Waals surface area (Å²) in [6.07, 6.45) is -4.34. The van der Waals surface area contributed by atoms with Crippen molar-refractivity contribution in [2.75, 3.05) is 58.9 Å². The molecular formula is C89H121N19O25S. The van der Waals surface area contributed by atoms with Crippen LogP contribution >= 0.6 is 11.8 Å². The number of H-pyrrole nitrogens is 2. The molecule has 3 aliphatic heterocycles. The Hall–Kier alpha value is -13.6. The van der Waals surface area contributed by atoms with E-state index in [9.17, 15) is 87.9 Å². The van der Waals surface area contributed by atoms with Crippen LogP contribution in [-0.2, 0) is 115 Å². The molecular weight excluding hydrogens is 1770 g/mol. The molecule has 3 fully saturated rings. The Kier molecular flexibility index (Phi) is 39.7. The van der Waals surface area contributed by atoms with E-state index < -0.39 is 298 Å². The Morgan fingerprint density at radius 2 is 1.02 bits per heavy atom. The number of aliphatic hydroxyl groups is 2. The first-order valence-corrected chi connectivity index (χ1v) is 45.5. The standard InChI is InChI=1S/C89H121N19O25S/c1-7-9-20-66-83(127)98-59(29-32-76(119)120)81(125)103-65(79(123)95-42-73(92)115)45-134-46-74(116)96-61(34-48-23-25-52(110)26-24-48)85(129)104(4)47(3)77(121)100-63(39-72(91)114)88(132)107-33-15-22-67(107)84(128)102-64(44-109)82(126)99-60(27-30-71(90)113)87(131)108-43-53(111)38-69(108)70(112)37-49(35-50-40-93-56-18-13-11-16-54(50)56)78(122)97-58(28-31-75(117)118)80(124)101-62(36-51-41-94-57-19-14-12-17-55(51)57)86(130)106(6)68(21-10-8-2)89(133)105(66)5/h11-14,16-19,23-26,40-41,47,49,53,58-69,93-94,109-111H,7-10,15,20-22,27-39,42-46H2,1-6H3,(H2,90,113)(H2,91,114)(H2,92,115)(H,95,123)(H,96,116)(H,97,122)(H,98,127)(H,99,126)(H,100,121)(H,101,124)(H,102,128)(H,103,125)(H,117,118)(H,119,120)/t47-,49+,53+,58-,59-,60-,61-,62-,63-,64-,65-,66-,67-,68-,69-/m0/s1. The highest BCUT2D eigenvalue weighted by molar-refractivity contribution is 8.00. The van der Waals surface area contributed by atoms with Gasteiger partial charge in [0.2, 0.25) is 100 Å². The van der Waals surface area contributed by atoms with Crippen LogP contribution in [0.25, 0.3) is 21.8 Å². The zero-order chi connectivity index (χ0) is 98.5. The first-order valence-electron chi connectivity index (χ1n) is 44.3. The Morgan fingerprint density at radius 1 is 0.507 bits per heavy atom. The molecule has 3 aromatic carbocycles. The van der Waals surface area contributed by atoms with Crippen molar-refractivity contribution in [1.29, 1.82) is 0 Å². The van der Waals surface area contributed by atoms with Crippen molar-refractivity contribution < 1.29 is 121 Å². The molecule has 5 heterocycles. The minimum Gasteiger partial charge on any atom is -0.508 e. The number of phenols is 1. The van der Waals surface area contributed by atoms with Crippen LogP contribution in [0, 0.1) is 5.92 Å². The van der Waals surface area contributed by atoms with Crippen molar-refractivity contribution in [1.82, 2.24) is 82.3 Å². The van der Waals surface area contributed by atoms with Crippen LogP contribution in [0.15, 0.2) is 85.2 Å². The van der Waals surface area contributed by atoms with Gasteiger partial charge in [0, 0.05) is 125 Å². The highest BCUT2D eigenvalue weighted by atomic mass is 32.2. The van der Waals surface area contributed by atoms with Crippen molar-refractivity contribution in [3.63, 3.8) is 0 Å². The first-order chi connectivity index (χ1) is 63.6. The molecule has 3 saturated heterocycles. The number of nitrogens with one attached hydrogen (secondary N) is 11. The lowest BCUT2D eigenvalue weighted by Crippen LogP contribution is -2.60. The summed E-state index contributed by atoms with van der Waals surface area (Å²) >= 11 is 0.682. The van der Waals surface area contributed by atoms with E-state index >= 15 is 33.6 Å². The molecule has 0 saturated carbocycles. The molecule has 17 amide bonds. The van der Waals surface area contributed by atoms with Gasteiger partial charge in [0.05, 0.1) is 37.5 Å². The number of benzene rings is 3. The van der Waals surface area contributed by atoms with Crippen LogP contribution in [0.3, 0.4) is 0 Å². The van der Waals surface area contributed by atoms with Crippen molar-refractivity contribution >= 4 is 152 Å². The highest BCUT2D eigenvalue weighted by Gasteiger charge is 2.47. The maximum atomic E-state index is 15.8. The second-order valence-electron chi connectivity index (χ2n) is 33.8. The van der Waals surface area contributed by atoms with Gasteiger partial charge in [0.15, 0.2) is 5.78 Å². The molecule has 15 atom stereocenters. The SMILES string of the molecule is CCCC[C@H]1C(=O)N(C)[C@@H](CCCC)C(=O)N[C@@H](CCC(=O)O)C(=O)N[C@H](C(=O)NCC(N)=O)CSCC(=O)N[C@@H](Cc2ccc(O)cc2)C(=O)N(C)[C@@H](C)C(=O)N[C@@H](CC(N)=O)C(=O)N2CCC[C@H]2C(=O)N[C@@H](CO)C(=O)N[C@@H](CCC(N)=O)C(=O)N2C[C@H](O)C[C@H]2C(=O)C[C@@H](Cc2c[nH]c3ccccc23)C(=O)N[C@@H](CCC(=O)O)C(=O)N[C@@H](Cc2c[nH]c3ccccc23)C(=O)N1C. The van der Waals surface area contributed by atoms with E-state index in [4.69, 9.17) is 17.2 Å². The van der Waals surface area contributed by atoms with Gasteiger partial charge in [-0.2, -0.15) is 0 Å². The number of carboxylic acids is 2. The predicted molar refractivity (Wildman–Crippen MR) is 482 cm³/mol. The number of aliphatic carboxylic acids is 2. The Labute approximate surface area is 775 Å². The van der Waals surface area contributed by atoms with E-state index in [1.807, 2.05) is 0 Å². The summed E-state index contributed by atoms with van der Waals surface area (Å²) in [4.78, 5) is 297. The van der Waals surface area contributed by atoms with Gasteiger partial charge in [-0.25, -0.2) is 0 Å². The summed E-state index contributed by atoms with van der Waals surface area (Å²) < 4.78 is 0. The molecule has 5 aromatic rings. The normalized spacial score (nSPS) is 24.8. The molecule has 0 bridgehead atoms. The lowest BCUT2D eigenvalue weighted by molar-refractivity contribution is -0.149. The fourth-order valence-electron chi connectivity index (χ4n) is 16.4. The number of nitrogens with two attached hydrogens (primary N) is 3. The van der Waals surface area contributed by atoms with Gasteiger partial charge in [0.25, 0.3) is 0 Å². The van der Waals surface area contributed by atoms with Crippen LogP contribution in [0.1, 0.15) is 147 Å². The molecule has 8 rings (SSSR count). The van der Waals surface area contributed by atoms with Gasteiger partial charge in [-0.1, -0.05) is 88.1 Å². The third-order valence-corrected chi connectivity index (χ3v) is 25.0. The van der Waals surface area contributed by atoms with Gasteiger partial charge >= 0.3 is 11.9 Å². The van der Waals surface area contributed by atoms with Crippen LogP contribution < -0.4 is 65.1 Å². The van der Waals surface area contributed by atoms with Gasteiger partial charge in [-0.05, 0) is 99.2 Å². The van der Waals surface area contributed by atoms with Gasteiger partial charge in [0.1, 0.15) is 78.3 Å². The van der Waals surface area contributed by atoms with E-state index in [0.29, 0.717) is 63.1 Å². The molecule has 0 aliphatic carbocycles. The van der Waals surface area contributed by atoms with Crippen molar-refractivity contribution in [2.24, 2.45) is 23.1 Å². The minimum atomic E-state index is -1.96. The van der Waals surface area contributed by atoms with E-state index in [1.54, 1.807) is 74.8 Å². The van der Waals surface area contributed by atoms with Crippen LogP contribution in [0.5, 0.6) is 5.75 Å². The molecule has 3 aliphatic rings. The number of aromatic amines is 2. The summed E-state index contributed by atoms with van der Waals surface area (Å²) in [5.74, 6) is -24.4. The number of primary amides is 3. The number of carboxylic acid groups (broad SMARTS) is 2. The van der Waals surface area contributed by atoms with Crippen molar-refractivity contribution in [3.05, 3.63) is 102 Å². The van der Waals surface area contributed by atoms with Crippen LogP contribution in [0.4, 0.5) is 0 Å². The maximum absolute atomic E-state index is 15.8. The van der Waals surface area contributed by atoms with E-state index in [1.165, 1.54) is 45.3 Å². The minimum absolute atomic E-state index is 0.0835. The van der Waals surface area contributed by atoms with Crippen molar-refractivity contribution in [2.45, 2.75) is 234 Å². The number of hydrogen-bond donors (Lipinski definition) is 19. The summed E-state index contributed by atoms with van der Waals surface area (Å²) in [5.41, 5.74) is 19.0. The van der Waals surface area contributed by atoms with Crippen LogP contribution in [-0.4, -0.2) is 322 Å². The summed E-state index contributed by atoms with van der Waals surface area (Å²) in [5, 5.41) is 76.2. The zero-order valence-corrected chi connectivity index (χ0v) is 76.2. The van der Waals surface area contributed by atoms with Gasteiger partial charge < -0.3 is 125 Å². The molecule has 728 valence electrons. The number of nitrogens with zero attached hydrogens (tertiary/aromatic N) is 5. The Bertz CT molecular complexity index is 5130. The lowest BCUT2D eigenvalue weighted by atomic mass is 9.90. The Balaban J connectivity index is 1.21. The number of unbranched alkanes of at least 4 members (excludes halogenated alkanes) is 2. The number of likely N-dealkylation sites (N-methyl/N-ethyl adjacent to an activating group) is 3. The number of carbonyl (C=O) groups is 20. The number of fused-ring (bicyclic) bond motifs is 4. The maximum Gasteiger partial charge on any atom is 0.303 e. The van der Waals surface area contributed by atoms with E-state index in [2.05, 4.69) is 57.8 Å². The molecule has 0 spiro atoms. The smallest absolute Gasteiger partial charge is 0.303 e. The van der Waals surface area contributed by atoms with Crippen molar-refractivity contribution in [3.8, 4) is 5.75 Å². The molecule has 0 radical (unpaired) electrons. The fraction of sp³-hybridized carbons (Fsp3) is 0.528. The molecule has 2 aromatic heterocycles. The average Bonchev–Trinajstić information content (AvgIpc) is 1.55. The lowest BCUT2D eigenvalue weighted by Gasteiger charge is -2.36. The molecule has 134 heavy (non-hydrogen) atoms. The number of aromatic hydroxyl groups is 1. The number of Topliss-reactive ketones (excluding diaryl/α,β-unsaturated/α-hetero) is 1. The number of thioether (sulfide) groups is 1. The zero-order valence-electron chi connectivity index (χ0n) is 75.4. The van der Waals surface area contributed by atoms with Gasteiger partial charge in [-0.15, -0.1) is 11.8 Å². The molecule has 22 N–H and O–H groups in total. The van der Waals surface area contributed by atoms with E-state index in [0.717, 1.165) is 31.5 Å². The summed E-state index contributed by atoms with van der Waals surface area (Å²) in [7, 11) is 3.70.